The molecule has 0 aromatic rings. The number of hydrogen-bond acceptors (Lipinski definition) is 3. The topological polar surface area (TPSA) is 32.3 Å². The SMILES string of the molecule is CC(C)CN(C(=O)C1CSCN1)C1CCCC1. The lowest BCUT2D eigenvalue weighted by atomic mass is 10.1. The molecule has 1 saturated carbocycles. The summed E-state index contributed by atoms with van der Waals surface area (Å²) in [5.74, 6) is 2.78. The van der Waals surface area contributed by atoms with Crippen molar-refractivity contribution in [3.63, 3.8) is 0 Å². The molecule has 1 heterocycles. The number of nitrogens with one attached hydrogen (secondary N) is 1. The minimum absolute atomic E-state index is 0.0688. The van der Waals surface area contributed by atoms with E-state index in [-0.39, 0.29) is 6.04 Å². The zero-order chi connectivity index (χ0) is 12.3. The van der Waals surface area contributed by atoms with Crippen molar-refractivity contribution in [1.29, 1.82) is 0 Å². The Kier molecular flexibility index (Phi) is 4.74. The van der Waals surface area contributed by atoms with E-state index in [9.17, 15) is 4.79 Å². The maximum Gasteiger partial charge on any atom is 0.240 e. The minimum atomic E-state index is 0.0688. The van der Waals surface area contributed by atoms with Gasteiger partial charge in [-0.25, -0.2) is 0 Å². The van der Waals surface area contributed by atoms with Gasteiger partial charge in [0.15, 0.2) is 0 Å². The molecule has 2 rings (SSSR count). The number of hydrogen-bond donors (Lipinski definition) is 1. The Morgan fingerprint density at radius 2 is 2.12 bits per heavy atom. The second kappa shape index (κ2) is 6.10. The van der Waals surface area contributed by atoms with Gasteiger partial charge in [-0.3, -0.25) is 10.1 Å². The van der Waals surface area contributed by atoms with Crippen LogP contribution in [0.5, 0.6) is 0 Å². The van der Waals surface area contributed by atoms with Crippen LogP contribution in [-0.4, -0.2) is 41.1 Å². The number of thioether (sulfide) groups is 1. The highest BCUT2D eigenvalue weighted by atomic mass is 32.2. The fraction of sp³-hybridized carbons (Fsp3) is 0.923. The number of nitrogens with zero attached hydrogens (tertiary/aromatic N) is 1. The van der Waals surface area contributed by atoms with Crippen molar-refractivity contribution in [2.24, 2.45) is 5.92 Å². The van der Waals surface area contributed by atoms with Gasteiger partial charge in [-0.05, 0) is 18.8 Å². The van der Waals surface area contributed by atoms with Gasteiger partial charge in [0.05, 0.1) is 6.04 Å². The third-order valence-electron chi connectivity index (χ3n) is 3.62. The van der Waals surface area contributed by atoms with E-state index in [0.29, 0.717) is 17.9 Å². The molecule has 0 aromatic heterocycles. The molecule has 1 atom stereocenters. The maximum absolute atomic E-state index is 12.5. The molecular formula is C13H24N2OS. The molecule has 2 fully saturated rings. The van der Waals surface area contributed by atoms with E-state index in [4.69, 9.17) is 0 Å². The van der Waals surface area contributed by atoms with Crippen LogP contribution in [0.1, 0.15) is 39.5 Å². The van der Waals surface area contributed by atoms with Crippen molar-refractivity contribution >= 4 is 17.7 Å². The summed E-state index contributed by atoms with van der Waals surface area (Å²) in [6.07, 6.45) is 5.00. The Labute approximate surface area is 109 Å². The Morgan fingerprint density at radius 1 is 1.41 bits per heavy atom. The quantitative estimate of drug-likeness (QED) is 0.836. The van der Waals surface area contributed by atoms with Crippen molar-refractivity contribution in [2.75, 3.05) is 18.2 Å². The van der Waals surface area contributed by atoms with Gasteiger partial charge in [0.2, 0.25) is 5.91 Å². The molecule has 1 unspecified atom stereocenters. The summed E-state index contributed by atoms with van der Waals surface area (Å²) in [6.45, 7) is 5.32. The van der Waals surface area contributed by atoms with Gasteiger partial charge in [-0.15, -0.1) is 11.8 Å². The highest BCUT2D eigenvalue weighted by Crippen LogP contribution is 2.26. The van der Waals surface area contributed by atoms with Crippen molar-refractivity contribution in [3.05, 3.63) is 0 Å². The average Bonchev–Trinajstić information content (AvgIpc) is 2.96. The van der Waals surface area contributed by atoms with E-state index >= 15 is 0 Å². The van der Waals surface area contributed by atoms with Crippen LogP contribution in [0.25, 0.3) is 0 Å². The minimum Gasteiger partial charge on any atom is -0.338 e. The predicted molar refractivity (Wildman–Crippen MR) is 73.1 cm³/mol. The lowest BCUT2D eigenvalue weighted by Gasteiger charge is -2.32. The van der Waals surface area contributed by atoms with Crippen molar-refractivity contribution in [2.45, 2.75) is 51.6 Å². The van der Waals surface area contributed by atoms with Gasteiger partial charge >= 0.3 is 0 Å². The predicted octanol–water partition coefficient (Wildman–Crippen LogP) is 2.08. The molecule has 0 aromatic carbocycles. The molecule has 3 nitrogen and oxygen atoms in total. The third-order valence-corrected chi connectivity index (χ3v) is 4.56. The van der Waals surface area contributed by atoms with E-state index in [1.54, 1.807) is 0 Å². The second-order valence-corrected chi connectivity index (χ2v) is 6.62. The van der Waals surface area contributed by atoms with Crippen LogP contribution in [0.4, 0.5) is 0 Å². The first-order chi connectivity index (χ1) is 8.18. The van der Waals surface area contributed by atoms with Gasteiger partial charge in [-0.1, -0.05) is 26.7 Å². The van der Waals surface area contributed by atoms with Crippen LogP contribution in [0, 0.1) is 5.92 Å². The standard InChI is InChI=1S/C13H24N2OS/c1-10(2)7-15(11-5-3-4-6-11)13(16)12-8-17-9-14-12/h10-12,14H,3-9H2,1-2H3. The van der Waals surface area contributed by atoms with Gasteiger partial charge in [0, 0.05) is 24.2 Å². The Balaban J connectivity index is 1.99. The number of carbonyl (C=O) groups is 1. The molecule has 1 aliphatic carbocycles. The van der Waals surface area contributed by atoms with Crippen LogP contribution in [0.3, 0.4) is 0 Å². The summed E-state index contributed by atoms with van der Waals surface area (Å²) in [5, 5.41) is 3.31. The van der Waals surface area contributed by atoms with Crippen LogP contribution >= 0.6 is 11.8 Å². The summed E-state index contributed by atoms with van der Waals surface area (Å²) in [6, 6.07) is 0.580. The fourth-order valence-corrected chi connectivity index (χ4v) is 3.72. The third kappa shape index (κ3) is 3.38. The molecule has 17 heavy (non-hydrogen) atoms. The zero-order valence-corrected chi connectivity index (χ0v) is 11.8. The summed E-state index contributed by atoms with van der Waals surface area (Å²) in [7, 11) is 0. The monoisotopic (exact) mass is 256 g/mol. The van der Waals surface area contributed by atoms with Crippen LogP contribution < -0.4 is 5.32 Å². The maximum atomic E-state index is 12.5. The number of rotatable bonds is 4. The smallest absolute Gasteiger partial charge is 0.240 e. The Hall–Kier alpha value is -0.220. The fourth-order valence-electron chi connectivity index (χ4n) is 2.78. The van der Waals surface area contributed by atoms with Crippen molar-refractivity contribution < 1.29 is 4.79 Å². The summed E-state index contributed by atoms with van der Waals surface area (Å²) in [4.78, 5) is 14.7. The lowest BCUT2D eigenvalue weighted by Crippen LogP contribution is -2.50. The lowest BCUT2D eigenvalue weighted by molar-refractivity contribution is -0.135. The van der Waals surface area contributed by atoms with E-state index < -0.39 is 0 Å². The first-order valence-corrected chi connectivity index (χ1v) is 7.95. The normalized spacial score (nSPS) is 25.7. The van der Waals surface area contributed by atoms with Crippen LogP contribution in [0.15, 0.2) is 0 Å². The average molecular weight is 256 g/mol. The molecule has 0 bridgehead atoms. The second-order valence-electron chi connectivity index (χ2n) is 5.59. The number of carbonyl (C=O) groups excluding carboxylic acids is 1. The van der Waals surface area contributed by atoms with E-state index in [2.05, 4.69) is 24.1 Å². The summed E-state index contributed by atoms with van der Waals surface area (Å²) >= 11 is 1.83. The van der Waals surface area contributed by atoms with Gasteiger partial charge in [0.25, 0.3) is 0 Å². The molecule has 1 aliphatic heterocycles. The molecular weight excluding hydrogens is 232 g/mol. The molecule has 0 radical (unpaired) electrons. The summed E-state index contributed by atoms with van der Waals surface area (Å²) in [5.41, 5.74) is 0. The number of amides is 1. The molecule has 0 spiro atoms. The zero-order valence-electron chi connectivity index (χ0n) is 10.9. The van der Waals surface area contributed by atoms with Crippen molar-refractivity contribution in [3.8, 4) is 0 Å². The molecule has 2 aliphatic rings. The van der Waals surface area contributed by atoms with Gasteiger partial charge in [-0.2, -0.15) is 0 Å². The molecule has 4 heteroatoms. The van der Waals surface area contributed by atoms with E-state index in [1.165, 1.54) is 25.7 Å². The Morgan fingerprint density at radius 3 is 2.65 bits per heavy atom. The van der Waals surface area contributed by atoms with Crippen LogP contribution in [-0.2, 0) is 4.79 Å². The molecule has 1 N–H and O–H groups in total. The highest BCUT2D eigenvalue weighted by Gasteiger charge is 2.32. The molecule has 98 valence electrons. The first kappa shape index (κ1) is 13.2. The van der Waals surface area contributed by atoms with Gasteiger partial charge in [0.1, 0.15) is 0 Å². The van der Waals surface area contributed by atoms with Crippen molar-refractivity contribution in [1.82, 2.24) is 10.2 Å². The highest BCUT2D eigenvalue weighted by molar-refractivity contribution is 7.99. The Bertz CT molecular complexity index is 258. The summed E-state index contributed by atoms with van der Waals surface area (Å²) < 4.78 is 0. The van der Waals surface area contributed by atoms with E-state index in [1.807, 2.05) is 11.8 Å². The van der Waals surface area contributed by atoms with E-state index in [0.717, 1.165) is 18.2 Å². The largest absolute Gasteiger partial charge is 0.338 e. The molecule has 1 saturated heterocycles. The van der Waals surface area contributed by atoms with Crippen LogP contribution in [0.2, 0.25) is 0 Å². The molecule has 1 amide bonds. The van der Waals surface area contributed by atoms with Gasteiger partial charge < -0.3 is 4.90 Å². The first-order valence-electron chi connectivity index (χ1n) is 6.80.